The molecule has 0 aliphatic carbocycles. The van der Waals surface area contributed by atoms with Crippen LogP contribution in [0.1, 0.15) is 9.75 Å². The van der Waals surface area contributed by atoms with E-state index < -0.39 is 18.4 Å². The van der Waals surface area contributed by atoms with Crippen molar-refractivity contribution in [3.8, 4) is 12.1 Å². The normalized spacial score (nSPS) is 10.0. The molecule has 2 rings (SSSR count). The maximum atomic E-state index is 8.76. The van der Waals surface area contributed by atoms with Gasteiger partial charge in [0.2, 0.25) is 0 Å². The van der Waals surface area contributed by atoms with Crippen molar-refractivity contribution in [1.82, 2.24) is 0 Å². The monoisotopic (exact) mass is 460 g/mol. The summed E-state index contributed by atoms with van der Waals surface area (Å²) in [7, 11) is 0. The van der Waals surface area contributed by atoms with Gasteiger partial charge in [-0.25, -0.2) is 0 Å². The zero-order valence-electron chi connectivity index (χ0n) is 10.9. The van der Waals surface area contributed by atoms with Crippen molar-refractivity contribution in [2.75, 3.05) is 0 Å². The summed E-state index contributed by atoms with van der Waals surface area (Å²) in [6.07, 6.45) is 0. The van der Waals surface area contributed by atoms with Gasteiger partial charge in [0.1, 0.15) is 10.9 Å². The van der Waals surface area contributed by atoms with Crippen LogP contribution in [0.25, 0.3) is 0 Å². The quantitative estimate of drug-likeness (QED) is 0.587. The standard InChI is InChI=1S/C5H2BrNS.C5H2NS.3CH3.Sn/c6-4-1-2-8-5(4)3-7;6-4-5-2-1-3-7-5;;;;/h1-2H;1,3H;3*1H3;. The van der Waals surface area contributed by atoms with E-state index in [0.717, 1.165) is 14.2 Å². The van der Waals surface area contributed by atoms with E-state index >= 15 is 0 Å². The number of nitriles is 2. The first-order valence-electron chi connectivity index (χ1n) is 5.51. The fourth-order valence-corrected chi connectivity index (χ4v) is 9.87. The van der Waals surface area contributed by atoms with Crippen molar-refractivity contribution in [1.29, 1.82) is 10.5 Å². The molecule has 0 N–H and O–H groups in total. The first-order valence-corrected chi connectivity index (χ1v) is 18.1. The van der Waals surface area contributed by atoms with Crippen molar-refractivity contribution in [2.24, 2.45) is 0 Å². The molecule has 0 amide bonds. The summed E-state index contributed by atoms with van der Waals surface area (Å²) in [4.78, 5) is 8.67. The van der Waals surface area contributed by atoms with Gasteiger partial charge in [-0.05, 0) is 27.4 Å². The van der Waals surface area contributed by atoms with Crippen LogP contribution in [0, 0.1) is 22.7 Å². The Morgan fingerprint density at radius 1 is 1.00 bits per heavy atom. The average Bonchev–Trinajstić information content (AvgIpc) is 2.96. The summed E-state index contributed by atoms with van der Waals surface area (Å²) < 4.78 is 2.26. The van der Waals surface area contributed by atoms with Crippen LogP contribution < -0.4 is 3.58 Å². The number of thiophene rings is 2. The van der Waals surface area contributed by atoms with Crippen LogP contribution in [-0.4, -0.2) is 18.4 Å². The Labute approximate surface area is 134 Å². The van der Waals surface area contributed by atoms with Crippen LogP contribution in [0.3, 0.4) is 0 Å². The molecule has 0 unspecified atom stereocenters. The molecular formula is C13H13BrN2S2Sn. The molecule has 19 heavy (non-hydrogen) atoms. The van der Waals surface area contributed by atoms with Crippen LogP contribution in [0.2, 0.25) is 14.8 Å². The Morgan fingerprint density at radius 2 is 1.53 bits per heavy atom. The van der Waals surface area contributed by atoms with Crippen molar-refractivity contribution < 1.29 is 0 Å². The third-order valence-electron chi connectivity index (χ3n) is 2.29. The van der Waals surface area contributed by atoms with Gasteiger partial charge in [-0.2, -0.15) is 5.26 Å². The van der Waals surface area contributed by atoms with E-state index in [1.165, 1.54) is 14.9 Å². The number of rotatable bonds is 1. The summed E-state index contributed by atoms with van der Waals surface area (Å²) >= 11 is 4.27. The van der Waals surface area contributed by atoms with Gasteiger partial charge in [0.25, 0.3) is 0 Å². The molecule has 98 valence electrons. The van der Waals surface area contributed by atoms with Crippen LogP contribution in [0.4, 0.5) is 0 Å². The van der Waals surface area contributed by atoms with Gasteiger partial charge in [-0.1, -0.05) is 0 Å². The van der Waals surface area contributed by atoms with E-state index in [9.17, 15) is 0 Å². The number of hydrogen-bond donors (Lipinski definition) is 0. The van der Waals surface area contributed by atoms with Crippen LogP contribution in [-0.2, 0) is 0 Å². The molecule has 2 heterocycles. The second kappa shape index (κ2) is 7.44. The predicted molar refractivity (Wildman–Crippen MR) is 88.7 cm³/mol. The van der Waals surface area contributed by atoms with E-state index in [0.29, 0.717) is 0 Å². The summed E-state index contributed by atoms with van der Waals surface area (Å²) in [5, 5.41) is 21.0. The zero-order valence-corrected chi connectivity index (χ0v) is 17.0. The molecule has 0 bridgehead atoms. The molecule has 0 saturated heterocycles. The molecule has 0 aliphatic rings. The second-order valence-electron chi connectivity index (χ2n) is 4.73. The Balaban J connectivity index is 0.000000200. The number of halogens is 1. The maximum absolute atomic E-state index is 8.76. The summed E-state index contributed by atoms with van der Waals surface area (Å²) in [5.41, 5.74) is 0. The van der Waals surface area contributed by atoms with Crippen molar-refractivity contribution in [3.05, 3.63) is 37.1 Å². The van der Waals surface area contributed by atoms with E-state index in [4.69, 9.17) is 10.5 Å². The third-order valence-corrected chi connectivity index (χ3v) is 11.2. The minimum atomic E-state index is -1.96. The summed E-state index contributed by atoms with van der Waals surface area (Å²) in [6.45, 7) is 0. The molecule has 0 radical (unpaired) electrons. The van der Waals surface area contributed by atoms with E-state index in [1.807, 2.05) is 22.9 Å². The Bertz CT molecular complexity index is 626. The van der Waals surface area contributed by atoms with Crippen molar-refractivity contribution in [3.63, 3.8) is 0 Å². The van der Waals surface area contributed by atoms with Gasteiger partial charge in [0.15, 0.2) is 0 Å². The number of hydrogen-bond acceptors (Lipinski definition) is 4. The Morgan fingerprint density at radius 3 is 1.84 bits per heavy atom. The molecule has 2 aromatic heterocycles. The SMILES string of the molecule is N#Cc1sccc1Br.[CH3][Sn]([CH3])([CH3])[c]1ccsc1C#N. The van der Waals surface area contributed by atoms with Crippen molar-refractivity contribution in [2.45, 2.75) is 14.8 Å². The first-order chi connectivity index (χ1) is 8.90. The molecule has 6 heteroatoms. The number of nitrogens with zero attached hydrogens (tertiary/aromatic N) is 2. The Kier molecular flexibility index (Phi) is 6.55. The van der Waals surface area contributed by atoms with Gasteiger partial charge >= 0.3 is 75.8 Å². The van der Waals surface area contributed by atoms with Gasteiger partial charge in [0.05, 0.1) is 0 Å². The fraction of sp³-hybridized carbons (Fsp3) is 0.231. The van der Waals surface area contributed by atoms with Crippen LogP contribution in [0.15, 0.2) is 27.4 Å². The second-order valence-corrected chi connectivity index (χ2v) is 21.8. The predicted octanol–water partition coefficient (Wildman–Crippen LogP) is 4.55. The molecule has 0 spiro atoms. The molecular weight excluding hydrogens is 447 g/mol. The van der Waals surface area contributed by atoms with Crippen LogP contribution in [0.5, 0.6) is 0 Å². The van der Waals surface area contributed by atoms with Crippen LogP contribution >= 0.6 is 38.6 Å². The molecule has 0 atom stereocenters. The molecule has 0 aliphatic heterocycles. The molecule has 2 aromatic rings. The first kappa shape index (κ1) is 16.7. The van der Waals surface area contributed by atoms with E-state index in [-0.39, 0.29) is 0 Å². The van der Waals surface area contributed by atoms with Gasteiger partial charge in [-0.15, -0.1) is 11.3 Å². The minimum absolute atomic E-state index is 0.741. The molecule has 0 fully saturated rings. The topological polar surface area (TPSA) is 47.6 Å². The van der Waals surface area contributed by atoms with E-state index in [1.54, 1.807) is 11.3 Å². The van der Waals surface area contributed by atoms with Gasteiger partial charge in [0, 0.05) is 4.47 Å². The van der Waals surface area contributed by atoms with E-state index in [2.05, 4.69) is 42.9 Å². The fourth-order valence-electron chi connectivity index (χ4n) is 1.36. The van der Waals surface area contributed by atoms with Crippen molar-refractivity contribution >= 4 is 60.6 Å². The summed E-state index contributed by atoms with van der Waals surface area (Å²) in [5.74, 6) is 0. The molecule has 2 nitrogen and oxygen atoms in total. The average molecular weight is 460 g/mol. The third kappa shape index (κ3) is 4.92. The Hall–Kier alpha value is -0.341. The molecule has 0 saturated carbocycles. The van der Waals surface area contributed by atoms with Gasteiger partial charge in [-0.3, -0.25) is 0 Å². The zero-order chi connectivity index (χ0) is 14.5. The summed E-state index contributed by atoms with van der Waals surface area (Å²) in [6, 6.07) is 8.29. The van der Waals surface area contributed by atoms with Gasteiger partial charge < -0.3 is 0 Å². The molecule has 0 aromatic carbocycles.